The first-order valence-electron chi connectivity index (χ1n) is 8.04. The lowest BCUT2D eigenvalue weighted by Crippen LogP contribution is -2.36. The Hall–Kier alpha value is -1.71. The summed E-state index contributed by atoms with van der Waals surface area (Å²) in [5.41, 5.74) is 2.63. The van der Waals surface area contributed by atoms with Crippen molar-refractivity contribution in [1.29, 1.82) is 0 Å². The molecule has 4 nitrogen and oxygen atoms in total. The average Bonchev–Trinajstić information content (AvgIpc) is 3.12. The number of carbonyl (C=O) groups is 1. The van der Waals surface area contributed by atoms with Crippen LogP contribution in [-0.2, 0) is 11.2 Å². The molecule has 0 bridgehead atoms. The zero-order chi connectivity index (χ0) is 14.8. The van der Waals surface area contributed by atoms with Crippen LogP contribution >= 0.6 is 0 Å². The number of benzene rings is 1. The molecule has 0 radical (unpaired) electrons. The van der Waals surface area contributed by atoms with Crippen LogP contribution in [0.15, 0.2) is 18.2 Å². The van der Waals surface area contributed by atoms with Gasteiger partial charge in [0.1, 0.15) is 11.9 Å². The van der Waals surface area contributed by atoms with Crippen molar-refractivity contribution in [2.24, 2.45) is 0 Å². The lowest BCUT2D eigenvalue weighted by molar-refractivity contribution is -0.121. The maximum Gasteiger partial charge on any atom is 0.219 e. The summed E-state index contributed by atoms with van der Waals surface area (Å²) in [5.74, 6) is 1.19. The number of fused-ring (bicyclic) bond motifs is 1. The minimum absolute atomic E-state index is 0.148. The number of ether oxygens (including phenoxy) is 1. The van der Waals surface area contributed by atoms with E-state index in [-0.39, 0.29) is 11.9 Å². The highest BCUT2D eigenvalue weighted by molar-refractivity contribution is 5.76. The van der Waals surface area contributed by atoms with Crippen molar-refractivity contribution in [2.45, 2.75) is 51.7 Å². The monoisotopic (exact) mass is 288 g/mol. The van der Waals surface area contributed by atoms with Crippen LogP contribution in [0.1, 0.15) is 38.7 Å². The fraction of sp³-hybridized carbons (Fsp3) is 0.588. The number of carbonyl (C=O) groups excluding carboxylic acids is 1. The van der Waals surface area contributed by atoms with E-state index in [4.69, 9.17) is 4.74 Å². The largest absolute Gasteiger partial charge is 0.490 e. The smallest absolute Gasteiger partial charge is 0.219 e. The molecule has 1 amide bonds. The molecule has 21 heavy (non-hydrogen) atoms. The molecule has 0 aliphatic carbocycles. The van der Waals surface area contributed by atoms with Gasteiger partial charge in [0.25, 0.3) is 0 Å². The van der Waals surface area contributed by atoms with Gasteiger partial charge in [-0.2, -0.15) is 0 Å². The van der Waals surface area contributed by atoms with Crippen LogP contribution < -0.4 is 15.0 Å². The molecule has 0 saturated carbocycles. The van der Waals surface area contributed by atoms with E-state index >= 15 is 0 Å². The molecule has 2 heterocycles. The molecule has 1 unspecified atom stereocenters. The highest BCUT2D eigenvalue weighted by Gasteiger charge is 2.29. The molecule has 114 valence electrons. The number of nitrogens with one attached hydrogen (secondary N) is 1. The van der Waals surface area contributed by atoms with Gasteiger partial charge in [-0.3, -0.25) is 4.79 Å². The molecule has 4 heteroatoms. The first-order valence-corrected chi connectivity index (χ1v) is 8.04. The first kappa shape index (κ1) is 14.2. The molecule has 2 aliphatic heterocycles. The van der Waals surface area contributed by atoms with Gasteiger partial charge < -0.3 is 15.0 Å². The van der Waals surface area contributed by atoms with Crippen LogP contribution in [0, 0.1) is 0 Å². The van der Waals surface area contributed by atoms with Crippen LogP contribution in [0.5, 0.6) is 5.75 Å². The Morgan fingerprint density at radius 1 is 1.43 bits per heavy atom. The molecule has 2 aliphatic rings. The number of nitrogens with zero attached hydrogens (tertiary/aromatic N) is 1. The summed E-state index contributed by atoms with van der Waals surface area (Å²) in [6.45, 7) is 5.97. The van der Waals surface area contributed by atoms with Gasteiger partial charge >= 0.3 is 0 Å². The van der Waals surface area contributed by atoms with Crippen molar-refractivity contribution in [2.75, 3.05) is 18.0 Å². The lowest BCUT2D eigenvalue weighted by Gasteiger charge is -2.21. The van der Waals surface area contributed by atoms with Crippen molar-refractivity contribution in [3.8, 4) is 5.75 Å². The molecular weight excluding hydrogens is 264 g/mol. The second kappa shape index (κ2) is 5.96. The van der Waals surface area contributed by atoms with Crippen molar-refractivity contribution >= 4 is 11.6 Å². The maximum atomic E-state index is 11.5. The average molecular weight is 288 g/mol. The third-order valence-electron chi connectivity index (χ3n) is 4.50. The van der Waals surface area contributed by atoms with Gasteiger partial charge in [0, 0.05) is 43.2 Å². The standard InChI is InChI=1S/C17H24N2O2/c1-3-13-10-14-15(6-5-7-16(14)21-13)19-9-8-12(11-19)18-17(20)4-2/h5-7,12-13H,3-4,8-11H2,1-2H3,(H,18,20)/t12-,13?/m0/s1. The molecule has 1 saturated heterocycles. The fourth-order valence-electron chi connectivity index (χ4n) is 3.27. The Kier molecular flexibility index (Phi) is 4.04. The number of amides is 1. The van der Waals surface area contributed by atoms with Gasteiger partial charge in [0.15, 0.2) is 0 Å². The van der Waals surface area contributed by atoms with Gasteiger partial charge in [-0.05, 0) is 25.0 Å². The van der Waals surface area contributed by atoms with E-state index in [1.807, 2.05) is 6.92 Å². The van der Waals surface area contributed by atoms with Gasteiger partial charge in [0.05, 0.1) is 0 Å². The van der Waals surface area contributed by atoms with Crippen LogP contribution in [-0.4, -0.2) is 31.1 Å². The third-order valence-corrected chi connectivity index (χ3v) is 4.50. The molecule has 1 fully saturated rings. The third kappa shape index (κ3) is 2.85. The van der Waals surface area contributed by atoms with Crippen molar-refractivity contribution in [3.05, 3.63) is 23.8 Å². The van der Waals surface area contributed by atoms with E-state index in [9.17, 15) is 4.79 Å². The van der Waals surface area contributed by atoms with Crippen LogP contribution in [0.2, 0.25) is 0 Å². The maximum absolute atomic E-state index is 11.5. The lowest BCUT2D eigenvalue weighted by atomic mass is 10.1. The summed E-state index contributed by atoms with van der Waals surface area (Å²) >= 11 is 0. The highest BCUT2D eigenvalue weighted by atomic mass is 16.5. The molecule has 1 aromatic carbocycles. The number of hydrogen-bond acceptors (Lipinski definition) is 3. The summed E-state index contributed by atoms with van der Waals surface area (Å²) < 4.78 is 5.97. The van der Waals surface area contributed by atoms with E-state index in [1.165, 1.54) is 11.3 Å². The van der Waals surface area contributed by atoms with Gasteiger partial charge in [0.2, 0.25) is 5.91 Å². The molecule has 1 aromatic rings. The predicted octanol–water partition coefficient (Wildman–Crippen LogP) is 2.51. The summed E-state index contributed by atoms with van der Waals surface area (Å²) in [5, 5.41) is 3.10. The van der Waals surface area contributed by atoms with Crippen molar-refractivity contribution in [1.82, 2.24) is 5.32 Å². The summed E-state index contributed by atoms with van der Waals surface area (Å²) in [4.78, 5) is 13.9. The minimum Gasteiger partial charge on any atom is -0.490 e. The highest BCUT2D eigenvalue weighted by Crippen LogP contribution is 2.38. The second-order valence-corrected chi connectivity index (χ2v) is 5.96. The Morgan fingerprint density at radius 2 is 2.29 bits per heavy atom. The van der Waals surface area contributed by atoms with Crippen molar-refractivity contribution < 1.29 is 9.53 Å². The van der Waals surface area contributed by atoms with E-state index in [2.05, 4.69) is 35.3 Å². The predicted molar refractivity (Wildman–Crippen MR) is 83.9 cm³/mol. The Balaban J connectivity index is 1.72. The number of hydrogen-bond donors (Lipinski definition) is 1. The van der Waals surface area contributed by atoms with E-state index < -0.39 is 0 Å². The second-order valence-electron chi connectivity index (χ2n) is 5.96. The molecule has 0 aromatic heterocycles. The van der Waals surface area contributed by atoms with E-state index in [0.29, 0.717) is 12.5 Å². The molecule has 0 spiro atoms. The molecular formula is C17H24N2O2. The van der Waals surface area contributed by atoms with E-state index in [1.54, 1.807) is 0 Å². The molecule has 1 N–H and O–H groups in total. The SMILES string of the molecule is CCC(=O)N[C@H]1CCN(c2cccc3c2CC(CC)O3)C1. The Labute approximate surface area is 126 Å². The van der Waals surface area contributed by atoms with Gasteiger partial charge in [-0.15, -0.1) is 0 Å². The minimum atomic E-state index is 0.148. The van der Waals surface area contributed by atoms with Gasteiger partial charge in [-0.1, -0.05) is 19.9 Å². The van der Waals surface area contributed by atoms with Crippen LogP contribution in [0.25, 0.3) is 0 Å². The quantitative estimate of drug-likeness (QED) is 0.925. The molecule has 2 atom stereocenters. The van der Waals surface area contributed by atoms with Crippen LogP contribution in [0.3, 0.4) is 0 Å². The molecule has 3 rings (SSSR count). The Bertz CT molecular complexity index is 530. The zero-order valence-electron chi connectivity index (χ0n) is 12.9. The van der Waals surface area contributed by atoms with Gasteiger partial charge in [-0.25, -0.2) is 0 Å². The first-order chi connectivity index (χ1) is 10.2. The number of anilines is 1. The van der Waals surface area contributed by atoms with Crippen LogP contribution in [0.4, 0.5) is 5.69 Å². The summed E-state index contributed by atoms with van der Waals surface area (Å²) in [6, 6.07) is 6.60. The van der Waals surface area contributed by atoms with E-state index in [0.717, 1.165) is 38.1 Å². The summed E-state index contributed by atoms with van der Waals surface area (Å²) in [7, 11) is 0. The summed E-state index contributed by atoms with van der Waals surface area (Å²) in [6.07, 6.45) is 3.95. The zero-order valence-corrected chi connectivity index (χ0v) is 12.9. The topological polar surface area (TPSA) is 41.6 Å². The Morgan fingerprint density at radius 3 is 3.05 bits per heavy atom. The fourth-order valence-corrected chi connectivity index (χ4v) is 3.27. The normalized spacial score (nSPS) is 23.8. The van der Waals surface area contributed by atoms with Crippen molar-refractivity contribution in [3.63, 3.8) is 0 Å². The number of rotatable bonds is 4.